The summed E-state index contributed by atoms with van der Waals surface area (Å²) in [5.74, 6) is -0.214. The number of aromatic nitrogens is 2. The van der Waals surface area contributed by atoms with Crippen LogP contribution >= 0.6 is 0 Å². The minimum atomic E-state index is -4.58. The van der Waals surface area contributed by atoms with Gasteiger partial charge in [-0.05, 0) is 38.5 Å². The first-order valence-electron chi connectivity index (χ1n) is 7.19. The largest absolute Gasteiger partial charge is 0.465 e. The summed E-state index contributed by atoms with van der Waals surface area (Å²) in [7, 11) is 0. The highest BCUT2D eigenvalue weighted by Crippen LogP contribution is 2.37. The van der Waals surface area contributed by atoms with E-state index in [1.165, 1.54) is 12.1 Å². The number of rotatable bonds is 3. The molecule has 10 heteroatoms. The van der Waals surface area contributed by atoms with Gasteiger partial charge in [-0.3, -0.25) is 4.90 Å². The molecule has 1 aromatic carbocycles. The first-order valence-corrected chi connectivity index (χ1v) is 7.19. The van der Waals surface area contributed by atoms with Gasteiger partial charge in [0.2, 0.25) is 5.89 Å². The summed E-state index contributed by atoms with van der Waals surface area (Å²) < 4.78 is 44.2. The Kier molecular flexibility index (Phi) is 4.65. The van der Waals surface area contributed by atoms with Gasteiger partial charge in [0.15, 0.2) is 0 Å². The summed E-state index contributed by atoms with van der Waals surface area (Å²) in [5.41, 5.74) is 3.55. The molecule has 25 heavy (non-hydrogen) atoms. The normalized spacial score (nSPS) is 13.5. The molecular weight excluding hydrogens is 341 g/mol. The van der Waals surface area contributed by atoms with E-state index in [2.05, 4.69) is 10.2 Å². The number of benzene rings is 1. The lowest BCUT2D eigenvalue weighted by Crippen LogP contribution is -2.47. The van der Waals surface area contributed by atoms with E-state index in [4.69, 9.17) is 10.2 Å². The van der Waals surface area contributed by atoms with Crippen LogP contribution in [0.25, 0.3) is 0 Å². The number of hydrogen-bond donors (Lipinski definition) is 2. The van der Waals surface area contributed by atoms with Crippen LogP contribution in [0.3, 0.4) is 0 Å². The lowest BCUT2D eigenvalue weighted by atomic mass is 9.97. The van der Waals surface area contributed by atoms with Crippen molar-refractivity contribution in [2.45, 2.75) is 38.5 Å². The number of hydrogen-bond acceptors (Lipinski definition) is 5. The summed E-state index contributed by atoms with van der Waals surface area (Å²) in [6.45, 7) is 4.80. The molecule has 0 bridgehead atoms. The van der Waals surface area contributed by atoms with E-state index < -0.39 is 29.4 Å². The van der Waals surface area contributed by atoms with Gasteiger partial charge in [-0.2, -0.15) is 13.2 Å². The van der Waals surface area contributed by atoms with E-state index in [0.717, 1.165) is 17.0 Å². The number of carboxylic acid groups (broad SMARTS) is 1. The van der Waals surface area contributed by atoms with Crippen molar-refractivity contribution in [1.82, 2.24) is 15.1 Å². The van der Waals surface area contributed by atoms with Crippen LogP contribution in [0, 0.1) is 0 Å². The second-order valence-electron chi connectivity index (χ2n) is 6.33. The summed E-state index contributed by atoms with van der Waals surface area (Å²) >= 11 is 0. The van der Waals surface area contributed by atoms with Gasteiger partial charge in [0, 0.05) is 5.54 Å². The smallest absolute Gasteiger partial charge is 0.416 e. The van der Waals surface area contributed by atoms with Crippen LogP contribution in [0.2, 0.25) is 0 Å². The van der Waals surface area contributed by atoms with Gasteiger partial charge in [0.25, 0.3) is 0 Å². The fraction of sp³-hybridized carbons (Fsp3) is 0.400. The van der Waals surface area contributed by atoms with Crippen molar-refractivity contribution in [3.63, 3.8) is 0 Å². The van der Waals surface area contributed by atoms with Crippen LogP contribution in [0.5, 0.6) is 0 Å². The molecule has 2 rings (SSSR count). The molecule has 0 fully saturated rings. The van der Waals surface area contributed by atoms with Gasteiger partial charge in [0.05, 0.1) is 5.56 Å². The second-order valence-corrected chi connectivity index (χ2v) is 6.33. The number of nitrogens with two attached hydrogens (primary N) is 1. The van der Waals surface area contributed by atoms with E-state index in [1.54, 1.807) is 20.8 Å². The Labute approximate surface area is 141 Å². The number of amides is 1. The first kappa shape index (κ1) is 18.6. The van der Waals surface area contributed by atoms with E-state index in [-0.39, 0.29) is 17.5 Å². The van der Waals surface area contributed by atoms with Crippen LogP contribution in [-0.2, 0) is 6.18 Å². The molecule has 1 heterocycles. The minimum Gasteiger partial charge on any atom is -0.465 e. The van der Waals surface area contributed by atoms with Crippen molar-refractivity contribution in [1.29, 1.82) is 0 Å². The summed E-state index contributed by atoms with van der Waals surface area (Å²) in [6, 6.07) is 2.74. The molecule has 0 saturated carbocycles. The predicted octanol–water partition coefficient (Wildman–Crippen LogP) is 3.54. The molecule has 0 saturated heterocycles. The molecule has 3 N–H and O–H groups in total. The Bertz CT molecular complexity index is 768. The number of halogens is 3. The second kappa shape index (κ2) is 6.26. The fourth-order valence-electron chi connectivity index (χ4n) is 2.43. The molecule has 0 spiro atoms. The third kappa shape index (κ3) is 4.01. The third-order valence-corrected chi connectivity index (χ3v) is 3.41. The fourth-order valence-corrected chi connectivity index (χ4v) is 2.43. The topological polar surface area (TPSA) is 105 Å². The van der Waals surface area contributed by atoms with Crippen molar-refractivity contribution >= 4 is 12.1 Å². The van der Waals surface area contributed by atoms with Crippen LogP contribution in [-0.4, -0.2) is 31.8 Å². The minimum absolute atomic E-state index is 0.0378. The van der Waals surface area contributed by atoms with Gasteiger partial charge < -0.3 is 15.3 Å². The number of carbonyl (C=O) groups is 1. The molecule has 0 aliphatic rings. The standard InChI is InChI=1S/C15H17F3N4O3/c1-14(2,3)22(13(23)24)10(11-20-21-12(19)25-11)8-5-4-6-9(7-8)15(16,17)18/h4-7,10H,1-3H3,(H2,19,21)(H,23,24). The summed E-state index contributed by atoms with van der Waals surface area (Å²) in [6.07, 6.45) is -5.93. The maximum absolute atomic E-state index is 13.0. The SMILES string of the molecule is CC(C)(C)N(C(=O)O)C(c1cccc(C(F)(F)F)c1)c1nnc(N)o1. The zero-order valence-electron chi connectivity index (χ0n) is 13.7. The van der Waals surface area contributed by atoms with Gasteiger partial charge in [0.1, 0.15) is 6.04 Å². The van der Waals surface area contributed by atoms with E-state index in [1.807, 2.05) is 0 Å². The van der Waals surface area contributed by atoms with Gasteiger partial charge >= 0.3 is 18.3 Å². The number of alkyl halides is 3. The van der Waals surface area contributed by atoms with Gasteiger partial charge in [-0.25, -0.2) is 4.79 Å². The number of anilines is 1. The van der Waals surface area contributed by atoms with Crippen molar-refractivity contribution in [2.24, 2.45) is 0 Å². The Hall–Kier alpha value is -2.78. The molecule has 1 unspecified atom stereocenters. The van der Waals surface area contributed by atoms with Crippen LogP contribution < -0.4 is 5.73 Å². The van der Waals surface area contributed by atoms with Gasteiger partial charge in [-0.15, -0.1) is 5.10 Å². The Morgan fingerprint density at radius 3 is 2.36 bits per heavy atom. The molecule has 1 amide bonds. The number of nitrogens with zero attached hydrogens (tertiary/aromatic N) is 3. The molecule has 1 atom stereocenters. The maximum atomic E-state index is 13.0. The predicted molar refractivity (Wildman–Crippen MR) is 81.6 cm³/mol. The highest BCUT2D eigenvalue weighted by atomic mass is 19.4. The lowest BCUT2D eigenvalue weighted by Gasteiger charge is -2.38. The highest BCUT2D eigenvalue weighted by molar-refractivity contribution is 5.67. The molecule has 0 radical (unpaired) electrons. The molecule has 7 nitrogen and oxygen atoms in total. The van der Waals surface area contributed by atoms with Crippen molar-refractivity contribution in [3.05, 3.63) is 41.3 Å². The first-order chi connectivity index (χ1) is 11.4. The van der Waals surface area contributed by atoms with Gasteiger partial charge in [-0.1, -0.05) is 17.2 Å². The summed E-state index contributed by atoms with van der Waals surface area (Å²) in [4.78, 5) is 12.7. The van der Waals surface area contributed by atoms with E-state index in [0.29, 0.717) is 0 Å². The van der Waals surface area contributed by atoms with E-state index in [9.17, 15) is 23.1 Å². The van der Waals surface area contributed by atoms with Crippen LogP contribution in [0.1, 0.15) is 43.8 Å². The van der Waals surface area contributed by atoms with Crippen molar-refractivity contribution < 1.29 is 27.5 Å². The third-order valence-electron chi connectivity index (χ3n) is 3.41. The molecule has 1 aromatic heterocycles. The number of nitrogen functional groups attached to an aromatic ring is 1. The van der Waals surface area contributed by atoms with E-state index >= 15 is 0 Å². The van der Waals surface area contributed by atoms with Crippen molar-refractivity contribution in [3.8, 4) is 0 Å². The van der Waals surface area contributed by atoms with Crippen LogP contribution in [0.4, 0.5) is 24.0 Å². The zero-order chi connectivity index (χ0) is 19.0. The average Bonchev–Trinajstić information content (AvgIpc) is 2.88. The molecule has 0 aliphatic heterocycles. The van der Waals surface area contributed by atoms with Crippen molar-refractivity contribution in [2.75, 3.05) is 5.73 Å². The average molecular weight is 358 g/mol. The Morgan fingerprint density at radius 2 is 1.92 bits per heavy atom. The Morgan fingerprint density at radius 1 is 1.28 bits per heavy atom. The molecular formula is C15H17F3N4O3. The lowest BCUT2D eigenvalue weighted by molar-refractivity contribution is -0.137. The Balaban J connectivity index is 2.66. The molecule has 0 aliphatic carbocycles. The van der Waals surface area contributed by atoms with Crippen LogP contribution in [0.15, 0.2) is 28.7 Å². The highest BCUT2D eigenvalue weighted by Gasteiger charge is 2.39. The zero-order valence-corrected chi connectivity index (χ0v) is 13.7. The maximum Gasteiger partial charge on any atom is 0.416 e. The molecule has 136 valence electrons. The molecule has 2 aromatic rings. The quantitative estimate of drug-likeness (QED) is 0.869. The monoisotopic (exact) mass is 358 g/mol. The summed E-state index contributed by atoms with van der Waals surface area (Å²) in [5, 5.41) is 16.8.